The van der Waals surface area contributed by atoms with E-state index in [9.17, 15) is 13.2 Å². The lowest BCUT2D eigenvalue weighted by molar-refractivity contribution is -0.115. The van der Waals surface area contributed by atoms with Crippen molar-refractivity contribution < 1.29 is 13.2 Å². The van der Waals surface area contributed by atoms with Gasteiger partial charge in [-0.3, -0.25) is 14.1 Å². The van der Waals surface area contributed by atoms with Crippen LogP contribution in [0.2, 0.25) is 0 Å². The molecule has 1 aromatic heterocycles. The summed E-state index contributed by atoms with van der Waals surface area (Å²) in [6.45, 7) is 2.93. The fourth-order valence-electron chi connectivity index (χ4n) is 3.60. The molecule has 0 unspecified atom stereocenters. The first-order valence-corrected chi connectivity index (χ1v) is 14.2. The van der Waals surface area contributed by atoms with Gasteiger partial charge in [-0.1, -0.05) is 12.1 Å². The number of likely N-dealkylation sites (tertiary alicyclic amines) is 1. The zero-order valence-electron chi connectivity index (χ0n) is 18.8. The molecule has 2 aliphatic rings. The molecule has 2 fully saturated rings. The van der Waals surface area contributed by atoms with E-state index >= 15 is 0 Å². The van der Waals surface area contributed by atoms with Crippen molar-refractivity contribution in [3.8, 4) is 10.6 Å². The molecule has 2 saturated heterocycles. The Morgan fingerprint density at radius 3 is 2.82 bits per heavy atom. The van der Waals surface area contributed by atoms with Gasteiger partial charge in [0.15, 0.2) is 5.17 Å². The number of benzene rings is 1. The number of amidine groups is 1. The van der Waals surface area contributed by atoms with Crippen molar-refractivity contribution in [2.75, 3.05) is 44.3 Å². The van der Waals surface area contributed by atoms with Crippen LogP contribution in [0.15, 0.2) is 39.5 Å². The van der Waals surface area contributed by atoms with Gasteiger partial charge in [-0.25, -0.2) is 13.4 Å². The Hall–Kier alpha value is -2.21. The lowest BCUT2D eigenvalue weighted by Crippen LogP contribution is -2.31. The maximum absolute atomic E-state index is 12.4. The van der Waals surface area contributed by atoms with E-state index in [-0.39, 0.29) is 5.91 Å². The van der Waals surface area contributed by atoms with Crippen LogP contribution in [0.1, 0.15) is 18.5 Å². The van der Waals surface area contributed by atoms with E-state index in [4.69, 9.17) is 0 Å². The van der Waals surface area contributed by atoms with E-state index in [2.05, 4.69) is 27.2 Å². The van der Waals surface area contributed by atoms with Crippen LogP contribution in [-0.2, 0) is 14.8 Å². The number of anilines is 1. The summed E-state index contributed by atoms with van der Waals surface area (Å²) < 4.78 is 24.9. The van der Waals surface area contributed by atoms with E-state index in [1.54, 1.807) is 24.3 Å². The molecule has 1 amide bonds. The standard InChI is InChI=1S/C22H27N5O3S3/c1-26-9-7-15(8-10-26)13-23-22-25-20(28)19(32-22)12-17-14-31-21(24-17)16-5-4-6-18(11-16)27(2)33(3,29)30/h4-6,11-12,14-15H,7-10,13H2,1-3H3,(H,23,25,28)/b19-12+. The molecule has 4 rings (SSSR count). The minimum absolute atomic E-state index is 0.159. The van der Waals surface area contributed by atoms with Crippen LogP contribution in [-0.4, -0.2) is 69.4 Å². The van der Waals surface area contributed by atoms with Crippen molar-refractivity contribution >= 4 is 56.0 Å². The third-order valence-electron chi connectivity index (χ3n) is 5.74. The molecule has 8 nitrogen and oxygen atoms in total. The molecule has 1 aromatic carbocycles. The number of amides is 1. The van der Waals surface area contributed by atoms with Gasteiger partial charge in [0.1, 0.15) is 5.01 Å². The topological polar surface area (TPSA) is 95.0 Å². The van der Waals surface area contributed by atoms with Gasteiger partial charge in [0.05, 0.1) is 22.5 Å². The average Bonchev–Trinajstić information content (AvgIpc) is 3.39. The molecule has 11 heteroatoms. The summed E-state index contributed by atoms with van der Waals surface area (Å²) in [5.74, 6) is 0.409. The second-order valence-corrected chi connectivity index (χ2v) is 12.2. The second-order valence-electron chi connectivity index (χ2n) is 8.32. The number of hydrogen-bond acceptors (Lipinski definition) is 8. The van der Waals surface area contributed by atoms with Crippen LogP contribution in [0.4, 0.5) is 5.69 Å². The lowest BCUT2D eigenvalue weighted by Gasteiger charge is -2.27. The molecule has 1 N–H and O–H groups in total. The van der Waals surface area contributed by atoms with Crippen LogP contribution in [0, 0.1) is 5.92 Å². The Labute approximate surface area is 202 Å². The van der Waals surface area contributed by atoms with Gasteiger partial charge in [0, 0.05) is 24.5 Å². The van der Waals surface area contributed by atoms with Crippen molar-refractivity contribution in [2.24, 2.45) is 10.9 Å². The minimum Gasteiger partial charge on any atom is -0.306 e. The van der Waals surface area contributed by atoms with Gasteiger partial charge in [-0.2, -0.15) is 0 Å². The Bertz CT molecular complexity index is 1200. The molecular weight excluding hydrogens is 478 g/mol. The maximum Gasteiger partial charge on any atom is 0.264 e. The lowest BCUT2D eigenvalue weighted by atomic mass is 9.97. The quantitative estimate of drug-likeness (QED) is 0.606. The zero-order valence-corrected chi connectivity index (χ0v) is 21.3. The Balaban J connectivity index is 1.44. The SMILES string of the molecule is CN1CCC(CN=C2NC(=O)/C(=C\c3csc(-c4cccc(N(C)S(C)(=O)=O)c4)n3)S2)CC1. The zero-order chi connectivity index (χ0) is 23.6. The highest BCUT2D eigenvalue weighted by Gasteiger charge is 2.25. The number of carbonyl (C=O) groups excluding carboxylic acids is 1. The third kappa shape index (κ3) is 6.03. The van der Waals surface area contributed by atoms with Crippen LogP contribution in [0.25, 0.3) is 16.6 Å². The van der Waals surface area contributed by atoms with Gasteiger partial charge in [-0.15, -0.1) is 11.3 Å². The second kappa shape index (κ2) is 9.96. The predicted octanol–water partition coefficient (Wildman–Crippen LogP) is 3.11. The molecular formula is C22H27N5O3S3. The first kappa shape index (κ1) is 23.9. The first-order valence-electron chi connectivity index (χ1n) is 10.6. The van der Waals surface area contributed by atoms with Gasteiger partial charge in [0.2, 0.25) is 10.0 Å². The van der Waals surface area contributed by atoms with E-state index in [0.717, 1.165) is 43.0 Å². The molecule has 0 saturated carbocycles. The Morgan fingerprint density at radius 2 is 2.09 bits per heavy atom. The molecule has 0 atom stereocenters. The Kier molecular flexibility index (Phi) is 7.22. The largest absolute Gasteiger partial charge is 0.306 e. The number of nitrogens with one attached hydrogen (secondary N) is 1. The van der Waals surface area contributed by atoms with Crippen LogP contribution >= 0.6 is 23.1 Å². The minimum atomic E-state index is -3.35. The van der Waals surface area contributed by atoms with Gasteiger partial charge >= 0.3 is 0 Å². The summed E-state index contributed by atoms with van der Waals surface area (Å²) in [5, 5.41) is 6.14. The highest BCUT2D eigenvalue weighted by atomic mass is 32.2. The maximum atomic E-state index is 12.4. The van der Waals surface area contributed by atoms with Crippen molar-refractivity contribution in [3.05, 3.63) is 40.2 Å². The van der Waals surface area contributed by atoms with Gasteiger partial charge in [-0.05, 0) is 68.9 Å². The summed E-state index contributed by atoms with van der Waals surface area (Å²) in [6.07, 6.45) is 5.21. The van der Waals surface area contributed by atoms with Gasteiger partial charge in [0.25, 0.3) is 5.91 Å². The number of aromatic nitrogens is 1. The summed E-state index contributed by atoms with van der Waals surface area (Å²) in [4.78, 5) is 24.6. The average molecular weight is 506 g/mol. The summed E-state index contributed by atoms with van der Waals surface area (Å²) in [7, 11) is 0.316. The molecule has 0 spiro atoms. The number of thiazole rings is 1. The van der Waals surface area contributed by atoms with Crippen molar-refractivity contribution in [2.45, 2.75) is 12.8 Å². The van der Waals surface area contributed by atoms with Crippen molar-refractivity contribution in [1.82, 2.24) is 15.2 Å². The summed E-state index contributed by atoms with van der Waals surface area (Å²) in [6, 6.07) is 7.23. The van der Waals surface area contributed by atoms with Crippen molar-refractivity contribution in [1.29, 1.82) is 0 Å². The fourth-order valence-corrected chi connectivity index (χ4v) is 5.69. The summed E-state index contributed by atoms with van der Waals surface area (Å²) >= 11 is 2.79. The number of hydrogen-bond donors (Lipinski definition) is 1. The smallest absolute Gasteiger partial charge is 0.264 e. The molecule has 2 aliphatic heterocycles. The number of carbonyl (C=O) groups is 1. The van der Waals surface area contributed by atoms with E-state index in [1.165, 1.54) is 40.7 Å². The first-order chi connectivity index (χ1) is 15.7. The van der Waals surface area contributed by atoms with E-state index in [0.29, 0.717) is 27.4 Å². The molecule has 176 valence electrons. The van der Waals surface area contributed by atoms with Crippen LogP contribution < -0.4 is 9.62 Å². The number of piperidine rings is 1. The fraction of sp³-hybridized carbons (Fsp3) is 0.409. The monoisotopic (exact) mass is 505 g/mol. The number of aliphatic imine (C=N–C) groups is 1. The van der Waals surface area contributed by atoms with E-state index in [1.807, 2.05) is 11.4 Å². The number of thioether (sulfide) groups is 1. The number of rotatable bonds is 6. The molecule has 3 heterocycles. The van der Waals surface area contributed by atoms with Crippen LogP contribution in [0.3, 0.4) is 0 Å². The van der Waals surface area contributed by atoms with Crippen LogP contribution in [0.5, 0.6) is 0 Å². The molecule has 2 aromatic rings. The van der Waals surface area contributed by atoms with Crippen molar-refractivity contribution in [3.63, 3.8) is 0 Å². The molecule has 0 aliphatic carbocycles. The molecule has 33 heavy (non-hydrogen) atoms. The van der Waals surface area contributed by atoms with E-state index < -0.39 is 10.0 Å². The predicted molar refractivity (Wildman–Crippen MR) is 137 cm³/mol. The summed E-state index contributed by atoms with van der Waals surface area (Å²) in [5.41, 5.74) is 2.08. The highest BCUT2D eigenvalue weighted by molar-refractivity contribution is 8.18. The number of nitrogens with zero attached hydrogens (tertiary/aromatic N) is 4. The normalized spacial score (nSPS) is 20.5. The Morgan fingerprint density at radius 1 is 1.33 bits per heavy atom. The third-order valence-corrected chi connectivity index (χ3v) is 8.80. The number of sulfonamides is 1. The molecule has 0 radical (unpaired) electrons. The van der Waals surface area contributed by atoms with Gasteiger partial charge < -0.3 is 10.2 Å². The highest BCUT2D eigenvalue weighted by Crippen LogP contribution is 2.31. The molecule has 0 bridgehead atoms.